The molecule has 0 aliphatic rings. The molecule has 0 fully saturated rings. The van der Waals surface area contributed by atoms with E-state index in [2.05, 4.69) is 15.6 Å². The minimum absolute atomic E-state index is 0. The molecule has 0 atom stereocenters. The average Bonchev–Trinajstić information content (AvgIpc) is 2.65. The van der Waals surface area contributed by atoms with Gasteiger partial charge in [0, 0.05) is 25.8 Å². The predicted octanol–water partition coefficient (Wildman–Crippen LogP) is 3.49. The summed E-state index contributed by atoms with van der Waals surface area (Å²) in [5.74, 6) is 0.705. The molecule has 0 saturated heterocycles. The summed E-state index contributed by atoms with van der Waals surface area (Å²) in [4.78, 5) is 18.4. The van der Waals surface area contributed by atoms with E-state index in [0.29, 0.717) is 24.7 Å². The summed E-state index contributed by atoms with van der Waals surface area (Å²) >= 11 is 0. The Morgan fingerprint density at radius 2 is 1.93 bits per heavy atom. The second kappa shape index (κ2) is 12.2. The van der Waals surface area contributed by atoms with E-state index < -0.39 is 5.82 Å². The summed E-state index contributed by atoms with van der Waals surface area (Å²) in [5.41, 5.74) is 1.50. The van der Waals surface area contributed by atoms with Crippen LogP contribution in [-0.2, 0) is 11.3 Å². The number of anilines is 1. The van der Waals surface area contributed by atoms with Gasteiger partial charge in [-0.3, -0.25) is 4.79 Å². The number of rotatable bonds is 7. The first-order chi connectivity index (χ1) is 13.0. The molecule has 0 unspecified atom stereocenters. The monoisotopic (exact) mass is 500 g/mol. The molecule has 0 saturated carbocycles. The molecule has 1 amide bonds. The topological polar surface area (TPSA) is 66.0 Å². The number of guanidine groups is 1. The maximum absolute atomic E-state index is 13.2. The van der Waals surface area contributed by atoms with E-state index in [4.69, 9.17) is 4.74 Å². The van der Waals surface area contributed by atoms with E-state index in [1.807, 2.05) is 43.1 Å². The Labute approximate surface area is 182 Å². The van der Waals surface area contributed by atoms with E-state index in [9.17, 15) is 9.18 Å². The molecule has 2 aromatic rings. The van der Waals surface area contributed by atoms with Crippen molar-refractivity contribution < 1.29 is 13.9 Å². The number of nitrogens with zero attached hydrogens (tertiary/aromatic N) is 2. The second-order valence-corrected chi connectivity index (χ2v) is 5.93. The lowest BCUT2D eigenvalue weighted by Crippen LogP contribution is -2.39. The summed E-state index contributed by atoms with van der Waals surface area (Å²) in [6, 6.07) is 13.5. The Balaban J connectivity index is 0.00000392. The summed E-state index contributed by atoms with van der Waals surface area (Å²) in [7, 11) is 3.53. The second-order valence-electron chi connectivity index (χ2n) is 5.93. The number of ether oxygens (including phenoxy) is 1. The lowest BCUT2D eigenvalue weighted by Gasteiger charge is -2.22. The van der Waals surface area contributed by atoms with Crippen molar-refractivity contribution in [2.45, 2.75) is 13.5 Å². The average molecular weight is 500 g/mol. The van der Waals surface area contributed by atoms with Crippen LogP contribution in [0.25, 0.3) is 0 Å². The highest BCUT2D eigenvalue weighted by Crippen LogP contribution is 2.13. The Hall–Kier alpha value is -2.36. The van der Waals surface area contributed by atoms with Crippen molar-refractivity contribution in [2.24, 2.45) is 4.99 Å². The van der Waals surface area contributed by atoms with Crippen molar-refractivity contribution >= 4 is 41.5 Å². The number of carbonyl (C=O) groups excluding carboxylic acids is 1. The highest BCUT2D eigenvalue weighted by molar-refractivity contribution is 14.0. The quantitative estimate of drug-likeness (QED) is 0.347. The summed E-state index contributed by atoms with van der Waals surface area (Å²) in [6.45, 7) is 3.20. The standard InChI is InChI=1S/C20H25FN4O2.HI/c1-4-22-20(25(2)14-15-8-10-18(27-3)11-9-15)23-13-19(26)24-17-7-5-6-16(21)12-17;/h5-12H,4,13-14H2,1-3H3,(H,22,23)(H,24,26);1H. The molecule has 2 N–H and O–H groups in total. The predicted molar refractivity (Wildman–Crippen MR) is 121 cm³/mol. The molecule has 0 heterocycles. The summed E-state index contributed by atoms with van der Waals surface area (Å²) in [6.07, 6.45) is 0. The van der Waals surface area contributed by atoms with Gasteiger partial charge in [-0.05, 0) is 42.8 Å². The van der Waals surface area contributed by atoms with Crippen molar-refractivity contribution in [3.63, 3.8) is 0 Å². The van der Waals surface area contributed by atoms with Crippen LogP contribution >= 0.6 is 24.0 Å². The van der Waals surface area contributed by atoms with Crippen molar-refractivity contribution in [1.29, 1.82) is 0 Å². The molecule has 0 radical (unpaired) electrons. The van der Waals surface area contributed by atoms with Crippen molar-refractivity contribution in [2.75, 3.05) is 32.6 Å². The number of carbonyl (C=O) groups is 1. The first-order valence-corrected chi connectivity index (χ1v) is 8.69. The fraction of sp³-hybridized carbons (Fsp3) is 0.300. The molecule has 152 valence electrons. The molecule has 0 aliphatic carbocycles. The lowest BCUT2D eigenvalue weighted by atomic mass is 10.2. The fourth-order valence-electron chi connectivity index (χ4n) is 2.46. The van der Waals surface area contributed by atoms with Crippen LogP contribution in [0.4, 0.5) is 10.1 Å². The maximum Gasteiger partial charge on any atom is 0.246 e. The van der Waals surface area contributed by atoms with Gasteiger partial charge in [0.1, 0.15) is 18.1 Å². The van der Waals surface area contributed by atoms with Crippen molar-refractivity contribution in [3.05, 3.63) is 59.9 Å². The minimum atomic E-state index is -0.399. The number of methoxy groups -OCH3 is 1. The Bertz CT molecular complexity index is 784. The Morgan fingerprint density at radius 3 is 2.54 bits per heavy atom. The maximum atomic E-state index is 13.2. The molecule has 0 aromatic heterocycles. The molecular formula is C20H26FIN4O2. The molecular weight excluding hydrogens is 474 g/mol. The third-order valence-electron chi connectivity index (χ3n) is 3.76. The number of hydrogen-bond acceptors (Lipinski definition) is 3. The van der Waals surface area contributed by atoms with Crippen LogP contribution in [0.1, 0.15) is 12.5 Å². The first-order valence-electron chi connectivity index (χ1n) is 8.69. The fourth-order valence-corrected chi connectivity index (χ4v) is 2.46. The van der Waals surface area contributed by atoms with Crippen LogP contribution in [0.15, 0.2) is 53.5 Å². The van der Waals surface area contributed by atoms with Crippen molar-refractivity contribution in [1.82, 2.24) is 10.2 Å². The van der Waals surface area contributed by atoms with Crippen molar-refractivity contribution in [3.8, 4) is 5.75 Å². The first kappa shape index (κ1) is 23.7. The third kappa shape index (κ3) is 7.71. The number of hydrogen-bond donors (Lipinski definition) is 2. The largest absolute Gasteiger partial charge is 0.497 e. The van der Waals surface area contributed by atoms with Gasteiger partial charge >= 0.3 is 0 Å². The highest BCUT2D eigenvalue weighted by Gasteiger charge is 2.09. The molecule has 2 rings (SSSR count). The number of benzene rings is 2. The molecule has 8 heteroatoms. The van der Waals surface area contributed by atoms with Gasteiger partial charge in [-0.1, -0.05) is 18.2 Å². The number of aliphatic imine (C=N–C) groups is 1. The van der Waals surface area contributed by atoms with Gasteiger partial charge < -0.3 is 20.3 Å². The third-order valence-corrected chi connectivity index (χ3v) is 3.76. The van der Waals surface area contributed by atoms with Crippen LogP contribution in [0.5, 0.6) is 5.75 Å². The molecule has 0 aliphatic heterocycles. The Kier molecular flexibility index (Phi) is 10.3. The van der Waals surface area contributed by atoms with E-state index >= 15 is 0 Å². The smallest absolute Gasteiger partial charge is 0.246 e. The van der Waals surface area contributed by atoms with Gasteiger partial charge in [0.2, 0.25) is 5.91 Å². The Morgan fingerprint density at radius 1 is 1.21 bits per heavy atom. The van der Waals surface area contributed by atoms with Crippen LogP contribution in [0.2, 0.25) is 0 Å². The molecule has 0 spiro atoms. The van der Waals surface area contributed by atoms with Crippen LogP contribution in [0, 0.1) is 5.82 Å². The van der Waals surface area contributed by atoms with Gasteiger partial charge in [-0.2, -0.15) is 0 Å². The van der Waals surface area contributed by atoms with Gasteiger partial charge in [0.05, 0.1) is 7.11 Å². The van der Waals surface area contributed by atoms with E-state index in [-0.39, 0.29) is 36.4 Å². The highest BCUT2D eigenvalue weighted by atomic mass is 127. The lowest BCUT2D eigenvalue weighted by molar-refractivity contribution is -0.114. The van der Waals surface area contributed by atoms with Gasteiger partial charge in [0.15, 0.2) is 5.96 Å². The van der Waals surface area contributed by atoms with Gasteiger partial charge in [-0.15, -0.1) is 24.0 Å². The zero-order valence-corrected chi connectivity index (χ0v) is 18.6. The molecule has 2 aromatic carbocycles. The zero-order chi connectivity index (χ0) is 19.6. The summed E-state index contributed by atoms with van der Waals surface area (Å²) < 4.78 is 18.4. The van der Waals surface area contributed by atoms with E-state index in [1.165, 1.54) is 12.1 Å². The number of amides is 1. The zero-order valence-electron chi connectivity index (χ0n) is 16.2. The molecule has 28 heavy (non-hydrogen) atoms. The van der Waals surface area contributed by atoms with E-state index in [0.717, 1.165) is 11.3 Å². The summed E-state index contributed by atoms with van der Waals surface area (Å²) in [5, 5.41) is 5.80. The van der Waals surface area contributed by atoms with Crippen LogP contribution in [-0.4, -0.2) is 44.0 Å². The van der Waals surface area contributed by atoms with E-state index in [1.54, 1.807) is 19.2 Å². The number of halogens is 2. The normalized spacial score (nSPS) is 10.6. The van der Waals surface area contributed by atoms with Gasteiger partial charge in [0.25, 0.3) is 0 Å². The number of nitrogens with one attached hydrogen (secondary N) is 2. The van der Waals surface area contributed by atoms with Crippen LogP contribution in [0.3, 0.4) is 0 Å². The molecule has 6 nitrogen and oxygen atoms in total. The minimum Gasteiger partial charge on any atom is -0.497 e. The van der Waals surface area contributed by atoms with Crippen LogP contribution < -0.4 is 15.4 Å². The van der Waals surface area contributed by atoms with Gasteiger partial charge in [-0.25, -0.2) is 9.38 Å². The molecule has 0 bridgehead atoms. The SMILES string of the molecule is CCNC(=NCC(=O)Nc1cccc(F)c1)N(C)Cc1ccc(OC)cc1.I.